The van der Waals surface area contributed by atoms with Crippen LogP contribution in [0.5, 0.6) is 5.75 Å². The van der Waals surface area contributed by atoms with Crippen molar-refractivity contribution in [3.05, 3.63) is 52.6 Å². The lowest BCUT2D eigenvalue weighted by Gasteiger charge is -2.33. The first-order valence-corrected chi connectivity index (χ1v) is 11.4. The van der Waals surface area contributed by atoms with E-state index in [9.17, 15) is 5.11 Å². The summed E-state index contributed by atoms with van der Waals surface area (Å²) in [5, 5.41) is 13.3. The van der Waals surface area contributed by atoms with Gasteiger partial charge in [0.25, 0.3) is 0 Å². The summed E-state index contributed by atoms with van der Waals surface area (Å²) in [6.07, 6.45) is 7.51. The Kier molecular flexibility index (Phi) is 5.39. The molecule has 3 aliphatic rings. The van der Waals surface area contributed by atoms with E-state index in [1.54, 1.807) is 0 Å². The molecule has 1 saturated carbocycles. The molecule has 4 unspecified atom stereocenters. The monoisotopic (exact) mass is 407 g/mol. The largest absolute Gasteiger partial charge is 0.508 e. The molecule has 6 nitrogen and oxygen atoms in total. The lowest BCUT2D eigenvalue weighted by Crippen LogP contribution is -2.35. The van der Waals surface area contributed by atoms with Crippen molar-refractivity contribution < 1.29 is 5.11 Å². The summed E-state index contributed by atoms with van der Waals surface area (Å²) in [5.41, 5.74) is 13.8. The molecular formula is C24H33N5O. The van der Waals surface area contributed by atoms with Crippen LogP contribution in [0.25, 0.3) is 5.57 Å². The van der Waals surface area contributed by atoms with Crippen molar-refractivity contribution in [2.24, 2.45) is 5.92 Å². The highest BCUT2D eigenvalue weighted by Crippen LogP contribution is 2.44. The molecule has 1 saturated heterocycles. The Bertz CT molecular complexity index is 949. The lowest BCUT2D eigenvalue weighted by atomic mass is 9.73. The molecule has 0 amide bonds. The van der Waals surface area contributed by atoms with Crippen LogP contribution in [0.2, 0.25) is 0 Å². The van der Waals surface area contributed by atoms with Crippen LogP contribution < -0.4 is 16.2 Å². The van der Waals surface area contributed by atoms with Crippen LogP contribution in [-0.2, 0) is 6.42 Å². The number of rotatable bonds is 4. The van der Waals surface area contributed by atoms with Gasteiger partial charge in [-0.15, -0.1) is 0 Å². The minimum absolute atomic E-state index is 0.234. The quantitative estimate of drug-likeness (QED) is 0.535. The van der Waals surface area contributed by atoms with Gasteiger partial charge in [-0.05, 0) is 86.2 Å². The van der Waals surface area contributed by atoms with Crippen LogP contribution in [0.15, 0.2) is 30.0 Å². The Hall–Kier alpha value is -2.15. The molecule has 3 heterocycles. The molecule has 0 radical (unpaired) electrons. The van der Waals surface area contributed by atoms with Gasteiger partial charge in [-0.2, -0.15) is 0 Å². The van der Waals surface area contributed by atoms with Crippen LogP contribution in [0.1, 0.15) is 74.1 Å². The van der Waals surface area contributed by atoms with E-state index in [4.69, 9.17) is 4.98 Å². The molecule has 4 atom stereocenters. The minimum Gasteiger partial charge on any atom is -0.508 e. The van der Waals surface area contributed by atoms with Gasteiger partial charge in [0, 0.05) is 12.6 Å². The zero-order valence-electron chi connectivity index (χ0n) is 18.0. The third-order valence-electron chi connectivity index (χ3n) is 7.38. The number of aryl methyl sites for hydroxylation is 1. The summed E-state index contributed by atoms with van der Waals surface area (Å²) >= 11 is 0. The number of phenolic OH excluding ortho intramolecular Hbond substituents is 1. The van der Waals surface area contributed by atoms with Gasteiger partial charge in [0.1, 0.15) is 11.6 Å². The molecular weight excluding hydrogens is 374 g/mol. The summed E-state index contributed by atoms with van der Waals surface area (Å²) in [6.45, 7) is 6.38. The number of aromatic hydroxyl groups is 1. The predicted octanol–water partition coefficient (Wildman–Crippen LogP) is 3.55. The smallest absolute Gasteiger partial charge is 0.125 e. The second-order valence-corrected chi connectivity index (χ2v) is 9.15. The molecule has 6 heteroatoms. The van der Waals surface area contributed by atoms with Crippen LogP contribution in [0.4, 0.5) is 0 Å². The van der Waals surface area contributed by atoms with E-state index in [-0.39, 0.29) is 6.04 Å². The van der Waals surface area contributed by atoms with E-state index in [1.807, 2.05) is 18.3 Å². The Morgan fingerprint density at radius 1 is 1.20 bits per heavy atom. The Morgan fingerprint density at radius 2 is 2.10 bits per heavy atom. The third kappa shape index (κ3) is 3.57. The molecule has 0 bridgehead atoms. The summed E-state index contributed by atoms with van der Waals surface area (Å²) in [7, 11) is 0. The van der Waals surface area contributed by atoms with Crippen LogP contribution in [-0.4, -0.2) is 34.2 Å². The van der Waals surface area contributed by atoms with Gasteiger partial charge in [-0.3, -0.25) is 5.43 Å². The average molecular weight is 408 g/mol. The molecule has 0 spiro atoms. The first kappa shape index (κ1) is 19.8. The number of hydrazine groups is 1. The molecule has 30 heavy (non-hydrogen) atoms. The number of imidazole rings is 1. The zero-order chi connectivity index (χ0) is 20.7. The normalized spacial score (nSPS) is 29.3. The first-order valence-electron chi connectivity index (χ1n) is 11.4. The third-order valence-corrected chi connectivity index (χ3v) is 7.38. The number of nitrogens with zero attached hydrogens (tertiary/aromatic N) is 1. The van der Waals surface area contributed by atoms with Crippen molar-refractivity contribution in [1.82, 2.24) is 26.1 Å². The van der Waals surface area contributed by atoms with E-state index in [0.29, 0.717) is 23.6 Å². The number of benzene rings is 1. The van der Waals surface area contributed by atoms with E-state index >= 15 is 0 Å². The molecule has 1 aromatic heterocycles. The minimum atomic E-state index is 0.234. The van der Waals surface area contributed by atoms with Crippen LogP contribution >= 0.6 is 0 Å². The maximum absolute atomic E-state index is 9.85. The highest BCUT2D eigenvalue weighted by atomic mass is 16.3. The van der Waals surface area contributed by atoms with Crippen molar-refractivity contribution in [2.75, 3.05) is 13.1 Å². The average Bonchev–Trinajstić information content (AvgIpc) is 3.40. The van der Waals surface area contributed by atoms with Crippen molar-refractivity contribution in [1.29, 1.82) is 0 Å². The molecule has 2 aromatic rings. The first-order chi connectivity index (χ1) is 14.6. The maximum Gasteiger partial charge on any atom is 0.125 e. The van der Waals surface area contributed by atoms with Crippen LogP contribution in [0.3, 0.4) is 0 Å². The summed E-state index contributed by atoms with van der Waals surface area (Å²) in [5.74, 6) is 2.52. The Morgan fingerprint density at radius 3 is 2.93 bits per heavy atom. The predicted molar refractivity (Wildman–Crippen MR) is 119 cm³/mol. The van der Waals surface area contributed by atoms with Gasteiger partial charge < -0.3 is 15.4 Å². The second-order valence-electron chi connectivity index (χ2n) is 9.15. The van der Waals surface area contributed by atoms with Gasteiger partial charge in [-0.25, -0.2) is 10.4 Å². The Labute approximate surface area is 178 Å². The topological polar surface area (TPSA) is 85.0 Å². The van der Waals surface area contributed by atoms with Gasteiger partial charge >= 0.3 is 0 Å². The second kappa shape index (κ2) is 8.17. The Balaban J connectivity index is 1.31. The number of aromatic amines is 1. The highest BCUT2D eigenvalue weighted by Gasteiger charge is 2.42. The number of fused-ring (bicyclic) bond motifs is 1. The summed E-state index contributed by atoms with van der Waals surface area (Å²) in [4.78, 5) is 8.40. The zero-order valence-corrected chi connectivity index (χ0v) is 18.0. The SMILES string of the molecule is CCc1cc(O)ccc1C1CCC2C(C1)NNC2c1ncc(C2=C(C)CNCC2)[nH]1. The van der Waals surface area contributed by atoms with E-state index in [1.165, 1.54) is 40.8 Å². The molecule has 1 aromatic carbocycles. The molecule has 160 valence electrons. The van der Waals surface area contributed by atoms with Crippen molar-refractivity contribution in [3.8, 4) is 5.75 Å². The molecule has 5 rings (SSSR count). The fourth-order valence-corrected chi connectivity index (χ4v) is 5.73. The number of nitrogens with one attached hydrogen (secondary N) is 4. The fraction of sp³-hybridized carbons (Fsp3) is 0.542. The number of hydrogen-bond acceptors (Lipinski definition) is 5. The van der Waals surface area contributed by atoms with Crippen molar-refractivity contribution in [2.45, 2.75) is 64.0 Å². The van der Waals surface area contributed by atoms with Gasteiger partial charge in [0.15, 0.2) is 0 Å². The van der Waals surface area contributed by atoms with Gasteiger partial charge in [0.05, 0.1) is 17.9 Å². The fourth-order valence-electron chi connectivity index (χ4n) is 5.73. The number of H-pyrrole nitrogens is 1. The van der Waals surface area contributed by atoms with Crippen molar-refractivity contribution in [3.63, 3.8) is 0 Å². The molecule has 1 aliphatic carbocycles. The van der Waals surface area contributed by atoms with E-state index < -0.39 is 0 Å². The molecule has 2 fully saturated rings. The number of aromatic nitrogens is 2. The summed E-state index contributed by atoms with van der Waals surface area (Å²) < 4.78 is 0. The standard InChI is InChI=1S/C24H33N5O/c1-3-15-10-17(30)5-7-19(15)16-4-6-20-21(11-16)28-29-23(20)24-26-13-22(27-24)18-8-9-25-12-14(18)2/h5,7,10,13,16,20-21,23,25,28-30H,3-4,6,8-9,11-12H2,1-2H3,(H,26,27). The maximum atomic E-state index is 9.85. The van der Waals surface area contributed by atoms with E-state index in [2.05, 4.69) is 41.1 Å². The van der Waals surface area contributed by atoms with Gasteiger partial charge in [0.2, 0.25) is 0 Å². The van der Waals surface area contributed by atoms with Crippen molar-refractivity contribution >= 4 is 5.57 Å². The number of phenols is 1. The van der Waals surface area contributed by atoms with Gasteiger partial charge in [-0.1, -0.05) is 18.6 Å². The van der Waals surface area contributed by atoms with Crippen LogP contribution in [0, 0.1) is 5.92 Å². The number of hydrogen-bond donors (Lipinski definition) is 5. The lowest BCUT2D eigenvalue weighted by molar-refractivity contribution is 0.276. The summed E-state index contributed by atoms with van der Waals surface area (Å²) in [6, 6.07) is 6.59. The van der Waals surface area contributed by atoms with E-state index in [0.717, 1.165) is 38.2 Å². The molecule has 2 aliphatic heterocycles. The highest BCUT2D eigenvalue weighted by molar-refractivity contribution is 5.66. The molecule has 5 N–H and O–H groups in total.